The Morgan fingerprint density at radius 3 is 2.62 bits per heavy atom. The van der Waals surface area contributed by atoms with Crippen molar-refractivity contribution in [3.8, 4) is 5.75 Å². The molecule has 2 heterocycles. The third kappa shape index (κ3) is 2.39. The van der Waals surface area contributed by atoms with Gasteiger partial charge in [0.2, 0.25) is 5.91 Å². The number of nitrogens with one attached hydrogen (secondary N) is 1. The maximum atomic E-state index is 12.9. The van der Waals surface area contributed by atoms with Crippen molar-refractivity contribution in [1.82, 2.24) is 4.98 Å². The molecule has 0 saturated carbocycles. The summed E-state index contributed by atoms with van der Waals surface area (Å²) >= 11 is 6.02. The lowest BCUT2D eigenvalue weighted by molar-refractivity contribution is -0.137. The molecule has 1 amide bonds. The predicted octanol–water partition coefficient (Wildman–Crippen LogP) is 4.02. The van der Waals surface area contributed by atoms with E-state index in [1.165, 1.54) is 7.11 Å². The van der Waals surface area contributed by atoms with Crippen LogP contribution in [0.5, 0.6) is 5.75 Å². The number of anilines is 1. The van der Waals surface area contributed by atoms with Gasteiger partial charge in [0, 0.05) is 16.8 Å². The summed E-state index contributed by atoms with van der Waals surface area (Å²) in [5.74, 6) is -0.100. The number of rotatable bonds is 2. The number of carbonyl (C=O) groups is 1. The molecule has 0 saturated heterocycles. The van der Waals surface area contributed by atoms with E-state index < -0.39 is 23.1 Å². The molecular formula is C16H12ClF3N2O2. The lowest BCUT2D eigenvalue weighted by atomic mass is 9.79. The van der Waals surface area contributed by atoms with Crippen LogP contribution in [-0.4, -0.2) is 18.0 Å². The minimum atomic E-state index is -4.54. The summed E-state index contributed by atoms with van der Waals surface area (Å²) in [7, 11) is 1.43. The van der Waals surface area contributed by atoms with E-state index in [0.717, 1.165) is 6.07 Å². The van der Waals surface area contributed by atoms with Crippen LogP contribution in [0.25, 0.3) is 0 Å². The van der Waals surface area contributed by atoms with E-state index in [4.69, 9.17) is 16.3 Å². The Balaban J connectivity index is 2.21. The van der Waals surface area contributed by atoms with Gasteiger partial charge < -0.3 is 10.1 Å². The number of fused-ring (bicyclic) bond motifs is 1. The highest BCUT2D eigenvalue weighted by molar-refractivity contribution is 6.30. The minimum absolute atomic E-state index is 0.0272. The molecule has 0 radical (unpaired) electrons. The number of benzene rings is 1. The first-order valence-electron chi connectivity index (χ1n) is 6.91. The zero-order valence-electron chi connectivity index (χ0n) is 12.7. The molecule has 1 aliphatic heterocycles. The average molecular weight is 357 g/mol. The standard InChI is InChI=1S/C16H12ClF3N2O2/c1-15(10-6-9(17)3-4-12(10)24-2)13-11(22-14(15)23)5-8(7-21-13)16(18,19)20/h3-7H,1-2H3,(H,22,23)/t15-/m1/s1. The Kier molecular flexibility index (Phi) is 3.71. The molecule has 1 aliphatic rings. The molecule has 4 nitrogen and oxygen atoms in total. The molecule has 0 spiro atoms. The molecule has 0 aliphatic carbocycles. The van der Waals surface area contributed by atoms with E-state index >= 15 is 0 Å². The van der Waals surface area contributed by atoms with E-state index in [2.05, 4.69) is 10.3 Å². The Hall–Kier alpha value is -2.28. The fourth-order valence-electron chi connectivity index (χ4n) is 2.79. The second-order valence-corrected chi connectivity index (χ2v) is 5.98. The van der Waals surface area contributed by atoms with Crippen LogP contribution >= 0.6 is 11.6 Å². The van der Waals surface area contributed by atoms with E-state index in [1.807, 2.05) is 0 Å². The molecule has 0 unspecified atom stereocenters. The molecule has 0 bridgehead atoms. The third-order valence-electron chi connectivity index (χ3n) is 4.09. The van der Waals surface area contributed by atoms with Crippen molar-refractivity contribution < 1.29 is 22.7 Å². The molecule has 1 aromatic carbocycles. The smallest absolute Gasteiger partial charge is 0.417 e. The number of nitrogens with zero attached hydrogens (tertiary/aromatic N) is 1. The number of aromatic nitrogens is 1. The van der Waals surface area contributed by atoms with Gasteiger partial charge in [-0.05, 0) is 31.2 Å². The summed E-state index contributed by atoms with van der Waals surface area (Å²) in [6.45, 7) is 1.57. The summed E-state index contributed by atoms with van der Waals surface area (Å²) in [5.41, 5.74) is -1.58. The molecule has 3 rings (SSSR count). The van der Waals surface area contributed by atoms with Gasteiger partial charge in [-0.15, -0.1) is 0 Å². The normalized spacial score (nSPS) is 19.8. The fraction of sp³-hybridized carbons (Fsp3) is 0.250. The van der Waals surface area contributed by atoms with Gasteiger partial charge in [-0.25, -0.2) is 0 Å². The first-order chi connectivity index (χ1) is 11.2. The van der Waals surface area contributed by atoms with Gasteiger partial charge in [-0.1, -0.05) is 11.6 Å². The number of hydrogen-bond donors (Lipinski definition) is 1. The Morgan fingerprint density at radius 1 is 1.29 bits per heavy atom. The third-order valence-corrected chi connectivity index (χ3v) is 4.33. The van der Waals surface area contributed by atoms with Crippen molar-refractivity contribution >= 4 is 23.2 Å². The summed E-state index contributed by atoms with van der Waals surface area (Å²) in [6.07, 6.45) is -3.83. The van der Waals surface area contributed by atoms with E-state index in [1.54, 1.807) is 25.1 Å². The van der Waals surface area contributed by atoms with Gasteiger partial charge in [-0.2, -0.15) is 13.2 Å². The number of carbonyl (C=O) groups excluding carboxylic acids is 1. The number of ether oxygens (including phenoxy) is 1. The number of methoxy groups -OCH3 is 1. The number of alkyl halides is 3. The van der Waals surface area contributed by atoms with E-state index in [0.29, 0.717) is 22.5 Å². The Morgan fingerprint density at radius 2 is 2.00 bits per heavy atom. The molecule has 0 fully saturated rings. The monoisotopic (exact) mass is 356 g/mol. The van der Waals surface area contributed by atoms with Crippen LogP contribution in [-0.2, 0) is 16.4 Å². The second-order valence-electron chi connectivity index (χ2n) is 5.54. The molecular weight excluding hydrogens is 345 g/mol. The summed E-state index contributed by atoms with van der Waals surface area (Å²) in [5, 5.41) is 2.84. The SMILES string of the molecule is COc1ccc(Cl)cc1[C@@]1(C)C(=O)Nc2cc(C(F)(F)F)cnc21. The zero-order chi connectivity index (χ0) is 17.7. The number of halogens is 4. The van der Waals surface area contributed by atoms with E-state index in [9.17, 15) is 18.0 Å². The van der Waals surface area contributed by atoms with Crippen LogP contribution < -0.4 is 10.1 Å². The number of amides is 1. The first kappa shape index (κ1) is 16.6. The van der Waals surface area contributed by atoms with Crippen molar-refractivity contribution in [2.45, 2.75) is 18.5 Å². The minimum Gasteiger partial charge on any atom is -0.496 e. The maximum absolute atomic E-state index is 12.9. The quantitative estimate of drug-likeness (QED) is 0.884. The van der Waals surface area contributed by atoms with Crippen LogP contribution in [0, 0.1) is 0 Å². The van der Waals surface area contributed by atoms with Crippen molar-refractivity contribution in [3.63, 3.8) is 0 Å². The largest absolute Gasteiger partial charge is 0.496 e. The zero-order valence-corrected chi connectivity index (χ0v) is 13.4. The van der Waals surface area contributed by atoms with Crippen LogP contribution in [0.2, 0.25) is 5.02 Å². The summed E-state index contributed by atoms with van der Waals surface area (Å²) in [6, 6.07) is 5.62. The Labute approximate surface area is 140 Å². The highest BCUT2D eigenvalue weighted by Gasteiger charge is 2.48. The lowest BCUT2D eigenvalue weighted by Crippen LogP contribution is -2.33. The molecule has 1 aromatic heterocycles. The molecule has 126 valence electrons. The second kappa shape index (κ2) is 5.37. The maximum Gasteiger partial charge on any atom is 0.417 e. The van der Waals surface area contributed by atoms with Crippen LogP contribution in [0.1, 0.15) is 23.7 Å². The van der Waals surface area contributed by atoms with Crippen LogP contribution in [0.4, 0.5) is 18.9 Å². The van der Waals surface area contributed by atoms with Gasteiger partial charge in [0.25, 0.3) is 0 Å². The highest BCUT2D eigenvalue weighted by atomic mass is 35.5. The van der Waals surface area contributed by atoms with Crippen molar-refractivity contribution in [1.29, 1.82) is 0 Å². The fourth-order valence-corrected chi connectivity index (χ4v) is 2.96. The van der Waals surface area contributed by atoms with Gasteiger partial charge >= 0.3 is 6.18 Å². The van der Waals surface area contributed by atoms with E-state index in [-0.39, 0.29) is 11.4 Å². The van der Waals surface area contributed by atoms with Crippen molar-refractivity contribution in [2.75, 3.05) is 12.4 Å². The first-order valence-corrected chi connectivity index (χ1v) is 7.29. The number of pyridine rings is 1. The lowest BCUT2D eigenvalue weighted by Gasteiger charge is -2.24. The summed E-state index contributed by atoms with van der Waals surface area (Å²) in [4.78, 5) is 16.5. The van der Waals surface area contributed by atoms with Crippen LogP contribution in [0.3, 0.4) is 0 Å². The highest BCUT2D eigenvalue weighted by Crippen LogP contribution is 2.46. The van der Waals surface area contributed by atoms with Crippen LogP contribution in [0.15, 0.2) is 30.5 Å². The van der Waals surface area contributed by atoms with Crippen molar-refractivity contribution in [3.05, 3.63) is 52.3 Å². The van der Waals surface area contributed by atoms with Gasteiger partial charge in [0.1, 0.15) is 11.2 Å². The van der Waals surface area contributed by atoms with Crippen molar-refractivity contribution in [2.24, 2.45) is 0 Å². The number of hydrogen-bond acceptors (Lipinski definition) is 3. The predicted molar refractivity (Wildman–Crippen MR) is 82.3 cm³/mol. The molecule has 24 heavy (non-hydrogen) atoms. The Bertz CT molecular complexity index is 839. The molecule has 2 aromatic rings. The average Bonchev–Trinajstić information content (AvgIpc) is 2.78. The molecule has 1 N–H and O–H groups in total. The molecule has 1 atom stereocenters. The van der Waals surface area contributed by atoms with Gasteiger partial charge in [0.05, 0.1) is 24.1 Å². The van der Waals surface area contributed by atoms with Gasteiger partial charge in [0.15, 0.2) is 0 Å². The molecule has 8 heteroatoms. The summed E-state index contributed by atoms with van der Waals surface area (Å²) < 4.78 is 43.8. The van der Waals surface area contributed by atoms with Gasteiger partial charge in [-0.3, -0.25) is 9.78 Å². The topological polar surface area (TPSA) is 51.2 Å².